The second kappa shape index (κ2) is 7.80. The van der Waals surface area contributed by atoms with Gasteiger partial charge in [0.25, 0.3) is 0 Å². The van der Waals surface area contributed by atoms with Gasteiger partial charge in [0.05, 0.1) is 0 Å². The predicted octanol–water partition coefficient (Wildman–Crippen LogP) is 4.13. The minimum Gasteiger partial charge on any atom is -0.368 e. The van der Waals surface area contributed by atoms with Crippen molar-refractivity contribution >= 4 is 23.1 Å². The van der Waals surface area contributed by atoms with Crippen LogP contribution in [0.3, 0.4) is 0 Å². The minimum absolute atomic E-state index is 0.442. The Morgan fingerprint density at radius 1 is 0.821 bits per heavy atom. The molecular formula is C21H21F2N5. The number of aryl methyl sites for hydroxylation is 1. The highest BCUT2D eigenvalue weighted by Crippen LogP contribution is 2.22. The number of nitrogens with zero attached hydrogens (tertiary/aromatic N) is 4. The summed E-state index contributed by atoms with van der Waals surface area (Å²) in [6.45, 7) is 5.27. The lowest BCUT2D eigenvalue weighted by Gasteiger charge is -2.36. The fourth-order valence-corrected chi connectivity index (χ4v) is 3.28. The van der Waals surface area contributed by atoms with Crippen LogP contribution >= 0.6 is 0 Å². The van der Waals surface area contributed by atoms with Crippen LogP contribution in [-0.2, 0) is 0 Å². The van der Waals surface area contributed by atoms with Crippen molar-refractivity contribution in [3.05, 3.63) is 71.9 Å². The molecule has 144 valence electrons. The van der Waals surface area contributed by atoms with Gasteiger partial charge in [-0.1, -0.05) is 18.2 Å². The highest BCUT2D eigenvalue weighted by atomic mass is 19.2. The van der Waals surface area contributed by atoms with Gasteiger partial charge in [-0.15, -0.1) is 0 Å². The van der Waals surface area contributed by atoms with Crippen molar-refractivity contribution in [1.82, 2.24) is 9.97 Å². The van der Waals surface area contributed by atoms with E-state index in [9.17, 15) is 8.78 Å². The molecule has 3 aromatic rings. The van der Waals surface area contributed by atoms with Gasteiger partial charge in [-0.25, -0.2) is 13.8 Å². The molecule has 1 N–H and O–H groups in total. The molecule has 28 heavy (non-hydrogen) atoms. The van der Waals surface area contributed by atoms with E-state index in [1.165, 1.54) is 11.8 Å². The maximum Gasteiger partial charge on any atom is 0.227 e. The predicted molar refractivity (Wildman–Crippen MR) is 107 cm³/mol. The van der Waals surface area contributed by atoms with Crippen LogP contribution in [0.1, 0.15) is 5.69 Å². The molecule has 0 unspecified atom stereocenters. The fraction of sp³-hybridized carbons (Fsp3) is 0.238. The Morgan fingerprint density at radius 2 is 1.54 bits per heavy atom. The Hall–Kier alpha value is -3.22. The van der Waals surface area contributed by atoms with Gasteiger partial charge in [-0.05, 0) is 31.2 Å². The highest BCUT2D eigenvalue weighted by molar-refractivity contribution is 5.58. The van der Waals surface area contributed by atoms with Crippen LogP contribution in [0, 0.1) is 18.6 Å². The summed E-state index contributed by atoms with van der Waals surface area (Å²) < 4.78 is 26.6. The first-order valence-corrected chi connectivity index (χ1v) is 9.21. The first-order chi connectivity index (χ1) is 13.6. The van der Waals surface area contributed by atoms with Crippen molar-refractivity contribution in [2.24, 2.45) is 0 Å². The zero-order valence-corrected chi connectivity index (χ0v) is 15.6. The number of para-hydroxylation sites is 1. The lowest BCUT2D eigenvalue weighted by Crippen LogP contribution is -2.47. The fourth-order valence-electron chi connectivity index (χ4n) is 3.28. The third kappa shape index (κ3) is 4.03. The zero-order chi connectivity index (χ0) is 19.5. The molecule has 5 nitrogen and oxygen atoms in total. The number of hydrogen-bond acceptors (Lipinski definition) is 5. The van der Waals surface area contributed by atoms with Crippen LogP contribution < -0.4 is 15.1 Å². The van der Waals surface area contributed by atoms with E-state index in [-0.39, 0.29) is 0 Å². The number of anilines is 4. The average molecular weight is 381 g/mol. The van der Waals surface area contributed by atoms with E-state index in [1.807, 2.05) is 25.1 Å². The summed E-state index contributed by atoms with van der Waals surface area (Å²) in [7, 11) is 0. The maximum atomic E-state index is 13.4. The largest absolute Gasteiger partial charge is 0.368 e. The number of aromatic nitrogens is 2. The first-order valence-electron chi connectivity index (χ1n) is 9.21. The van der Waals surface area contributed by atoms with Gasteiger partial charge in [-0.2, -0.15) is 4.98 Å². The van der Waals surface area contributed by atoms with Gasteiger partial charge in [0.15, 0.2) is 11.6 Å². The second-order valence-electron chi connectivity index (χ2n) is 6.76. The van der Waals surface area contributed by atoms with Crippen molar-refractivity contribution < 1.29 is 8.78 Å². The van der Waals surface area contributed by atoms with Crippen LogP contribution in [0.4, 0.5) is 31.9 Å². The van der Waals surface area contributed by atoms with Crippen LogP contribution in [0.15, 0.2) is 54.6 Å². The molecule has 2 aromatic carbocycles. The summed E-state index contributed by atoms with van der Waals surface area (Å²) >= 11 is 0. The number of hydrogen-bond donors (Lipinski definition) is 1. The average Bonchev–Trinajstić information content (AvgIpc) is 2.71. The molecule has 1 saturated heterocycles. The molecule has 0 amide bonds. The van der Waals surface area contributed by atoms with Gasteiger partial charge in [0.2, 0.25) is 5.95 Å². The Labute approximate surface area is 162 Å². The maximum absolute atomic E-state index is 13.4. The molecule has 0 atom stereocenters. The summed E-state index contributed by atoms with van der Waals surface area (Å²) in [5.74, 6) is -0.578. The summed E-state index contributed by atoms with van der Waals surface area (Å²) in [6, 6.07) is 15.8. The molecule has 1 fully saturated rings. The van der Waals surface area contributed by atoms with Crippen molar-refractivity contribution in [3.63, 3.8) is 0 Å². The van der Waals surface area contributed by atoms with Crippen LogP contribution in [0.25, 0.3) is 0 Å². The van der Waals surface area contributed by atoms with Gasteiger partial charge < -0.3 is 15.1 Å². The molecule has 7 heteroatoms. The minimum atomic E-state index is -0.895. The molecule has 4 rings (SSSR count). The quantitative estimate of drug-likeness (QED) is 0.736. The molecule has 0 saturated carbocycles. The SMILES string of the molecule is Cc1cc(Nc2ccc(F)c(F)c2)nc(N2CCN(c3ccccc3)CC2)n1. The molecule has 1 aliphatic rings. The second-order valence-corrected chi connectivity index (χ2v) is 6.76. The van der Waals surface area contributed by atoms with Crippen molar-refractivity contribution in [1.29, 1.82) is 0 Å². The first kappa shape index (κ1) is 18.2. The highest BCUT2D eigenvalue weighted by Gasteiger charge is 2.20. The lowest BCUT2D eigenvalue weighted by atomic mass is 10.2. The van der Waals surface area contributed by atoms with E-state index < -0.39 is 11.6 Å². The number of nitrogens with one attached hydrogen (secondary N) is 1. The summed E-state index contributed by atoms with van der Waals surface area (Å²) in [5, 5.41) is 3.03. The molecule has 0 aliphatic carbocycles. The third-order valence-electron chi connectivity index (χ3n) is 4.72. The molecule has 2 heterocycles. The standard InChI is InChI=1S/C21H21F2N5/c1-15-13-20(25-16-7-8-18(22)19(23)14-16)26-21(24-15)28-11-9-27(10-12-28)17-5-3-2-4-6-17/h2-8,13-14H,9-12H2,1H3,(H,24,25,26). The van der Waals surface area contributed by atoms with Crippen LogP contribution in [0.2, 0.25) is 0 Å². The summed E-state index contributed by atoms with van der Waals surface area (Å²) in [4.78, 5) is 13.6. The number of benzene rings is 2. The van der Waals surface area contributed by atoms with E-state index in [2.05, 4.69) is 37.2 Å². The van der Waals surface area contributed by atoms with Crippen molar-refractivity contribution in [2.75, 3.05) is 41.3 Å². The molecule has 0 radical (unpaired) electrons. The van der Waals surface area contributed by atoms with E-state index in [4.69, 9.17) is 0 Å². The number of halogens is 2. The Bertz CT molecular complexity index is 956. The molecular weight excluding hydrogens is 360 g/mol. The van der Waals surface area contributed by atoms with E-state index >= 15 is 0 Å². The Kier molecular flexibility index (Phi) is 5.06. The van der Waals surface area contributed by atoms with Crippen LogP contribution in [0.5, 0.6) is 0 Å². The Balaban J connectivity index is 1.47. The van der Waals surface area contributed by atoms with E-state index in [0.29, 0.717) is 17.5 Å². The molecule has 0 bridgehead atoms. The smallest absolute Gasteiger partial charge is 0.227 e. The van der Waals surface area contributed by atoms with Gasteiger partial charge in [0.1, 0.15) is 5.82 Å². The molecule has 0 spiro atoms. The van der Waals surface area contributed by atoms with E-state index in [0.717, 1.165) is 44.0 Å². The van der Waals surface area contributed by atoms with E-state index in [1.54, 1.807) is 6.07 Å². The molecule has 1 aromatic heterocycles. The Morgan fingerprint density at radius 3 is 2.25 bits per heavy atom. The molecule has 1 aliphatic heterocycles. The normalized spacial score (nSPS) is 14.2. The van der Waals surface area contributed by atoms with Crippen molar-refractivity contribution in [2.45, 2.75) is 6.92 Å². The monoisotopic (exact) mass is 381 g/mol. The zero-order valence-electron chi connectivity index (χ0n) is 15.6. The third-order valence-corrected chi connectivity index (χ3v) is 4.72. The lowest BCUT2D eigenvalue weighted by molar-refractivity contribution is 0.509. The summed E-state index contributed by atoms with van der Waals surface area (Å²) in [5.41, 5.74) is 2.46. The van der Waals surface area contributed by atoms with Gasteiger partial charge in [-0.3, -0.25) is 0 Å². The topological polar surface area (TPSA) is 44.3 Å². The van der Waals surface area contributed by atoms with Crippen molar-refractivity contribution in [3.8, 4) is 0 Å². The van der Waals surface area contributed by atoms with Gasteiger partial charge >= 0.3 is 0 Å². The summed E-state index contributed by atoms with van der Waals surface area (Å²) in [6.07, 6.45) is 0. The number of rotatable bonds is 4. The van der Waals surface area contributed by atoms with Crippen LogP contribution in [-0.4, -0.2) is 36.1 Å². The van der Waals surface area contributed by atoms with Gasteiger partial charge in [0, 0.05) is 55.4 Å². The number of piperazine rings is 1.